The number of hydrogen-bond acceptors (Lipinski definition) is 2. The average Bonchev–Trinajstić information content (AvgIpc) is 2.60. The number of likely N-dealkylation sites (tertiary alicyclic amines) is 1. The summed E-state index contributed by atoms with van der Waals surface area (Å²) >= 11 is 0. The van der Waals surface area contributed by atoms with Gasteiger partial charge < -0.3 is 10.1 Å². The van der Waals surface area contributed by atoms with E-state index in [1.807, 2.05) is 18.3 Å². The first-order chi connectivity index (χ1) is 8.84. The molecule has 0 amide bonds. The molecule has 3 rings (SSSR count). The third kappa shape index (κ3) is 2.23. The fourth-order valence-electron chi connectivity index (χ4n) is 2.89. The third-order valence-electron chi connectivity index (χ3n) is 3.86. The minimum absolute atomic E-state index is 0.388. The van der Waals surface area contributed by atoms with E-state index in [4.69, 9.17) is 0 Å². The Morgan fingerprint density at radius 3 is 2.67 bits per heavy atom. The van der Waals surface area contributed by atoms with Gasteiger partial charge in [-0.2, -0.15) is 0 Å². The molecule has 3 heteroatoms. The first kappa shape index (κ1) is 11.6. The highest BCUT2D eigenvalue weighted by Gasteiger charge is 2.13. The Labute approximate surface area is 107 Å². The minimum atomic E-state index is 0.388. The van der Waals surface area contributed by atoms with Gasteiger partial charge in [-0.1, -0.05) is 18.9 Å². The summed E-state index contributed by atoms with van der Waals surface area (Å²) in [6.45, 7) is 3.30. The van der Waals surface area contributed by atoms with Gasteiger partial charge in [0.2, 0.25) is 0 Å². The van der Waals surface area contributed by atoms with E-state index in [2.05, 4.69) is 9.88 Å². The summed E-state index contributed by atoms with van der Waals surface area (Å²) in [5.74, 6) is 0.388. The van der Waals surface area contributed by atoms with Crippen LogP contribution >= 0.6 is 0 Å². The first-order valence-electron chi connectivity index (χ1n) is 6.85. The summed E-state index contributed by atoms with van der Waals surface area (Å²) in [6.07, 6.45) is 7.35. The van der Waals surface area contributed by atoms with Crippen molar-refractivity contribution in [1.29, 1.82) is 0 Å². The van der Waals surface area contributed by atoms with Crippen molar-refractivity contribution in [3.05, 3.63) is 30.0 Å². The molecule has 18 heavy (non-hydrogen) atoms. The molecule has 2 N–H and O–H groups in total. The van der Waals surface area contributed by atoms with Gasteiger partial charge in [-0.05, 0) is 43.6 Å². The van der Waals surface area contributed by atoms with Crippen molar-refractivity contribution < 1.29 is 5.11 Å². The number of H-pyrrole nitrogens is 1. The predicted octanol–water partition coefficient (Wildman–Crippen LogP) is 3.25. The molecule has 2 heterocycles. The SMILES string of the molecule is Oc1cccc2[nH]cc(CN3CCCCCC3)c12. The zero-order chi connectivity index (χ0) is 12.4. The zero-order valence-corrected chi connectivity index (χ0v) is 10.7. The van der Waals surface area contributed by atoms with Crippen molar-refractivity contribution in [1.82, 2.24) is 9.88 Å². The maximum absolute atomic E-state index is 9.99. The molecule has 1 aliphatic heterocycles. The molecule has 96 valence electrons. The molecule has 1 fully saturated rings. The van der Waals surface area contributed by atoms with Crippen molar-refractivity contribution in [3.63, 3.8) is 0 Å². The molecule has 1 saturated heterocycles. The number of nitrogens with zero attached hydrogens (tertiary/aromatic N) is 1. The highest BCUT2D eigenvalue weighted by atomic mass is 16.3. The maximum atomic E-state index is 9.99. The Morgan fingerprint density at radius 1 is 1.11 bits per heavy atom. The second kappa shape index (κ2) is 5.02. The van der Waals surface area contributed by atoms with Crippen LogP contribution in [0, 0.1) is 0 Å². The Morgan fingerprint density at radius 2 is 1.89 bits per heavy atom. The van der Waals surface area contributed by atoms with E-state index in [1.54, 1.807) is 6.07 Å². The molecule has 3 nitrogen and oxygen atoms in total. The van der Waals surface area contributed by atoms with Gasteiger partial charge in [0, 0.05) is 23.6 Å². The first-order valence-corrected chi connectivity index (χ1v) is 6.85. The number of benzene rings is 1. The summed E-state index contributed by atoms with van der Waals surface area (Å²) in [6, 6.07) is 5.66. The Bertz CT molecular complexity index is 524. The molecule has 0 bridgehead atoms. The van der Waals surface area contributed by atoms with Crippen LogP contribution in [-0.4, -0.2) is 28.1 Å². The van der Waals surface area contributed by atoms with E-state index in [0.29, 0.717) is 5.75 Å². The van der Waals surface area contributed by atoms with Crippen LogP contribution in [0.3, 0.4) is 0 Å². The van der Waals surface area contributed by atoms with Gasteiger partial charge >= 0.3 is 0 Å². The standard InChI is InChI=1S/C15H20N2O/c18-14-7-5-6-13-15(14)12(10-16-13)11-17-8-3-1-2-4-9-17/h5-7,10,16,18H,1-4,8-9,11H2. The molecule has 0 unspecified atom stereocenters. The lowest BCUT2D eigenvalue weighted by Gasteiger charge is -2.19. The normalized spacial score (nSPS) is 18.0. The average molecular weight is 244 g/mol. The lowest BCUT2D eigenvalue weighted by atomic mass is 10.1. The number of fused-ring (bicyclic) bond motifs is 1. The molecule has 1 aliphatic rings. The predicted molar refractivity (Wildman–Crippen MR) is 73.7 cm³/mol. The fourth-order valence-corrected chi connectivity index (χ4v) is 2.89. The van der Waals surface area contributed by atoms with E-state index >= 15 is 0 Å². The van der Waals surface area contributed by atoms with Gasteiger partial charge in [0.1, 0.15) is 5.75 Å². The second-order valence-electron chi connectivity index (χ2n) is 5.20. The lowest BCUT2D eigenvalue weighted by molar-refractivity contribution is 0.278. The smallest absolute Gasteiger partial charge is 0.125 e. The molecule has 0 radical (unpaired) electrons. The van der Waals surface area contributed by atoms with Crippen LogP contribution in [0.1, 0.15) is 31.2 Å². The van der Waals surface area contributed by atoms with Crippen molar-refractivity contribution in [3.8, 4) is 5.75 Å². The summed E-state index contributed by atoms with van der Waals surface area (Å²) in [7, 11) is 0. The fraction of sp³-hybridized carbons (Fsp3) is 0.467. The minimum Gasteiger partial charge on any atom is -0.507 e. The van der Waals surface area contributed by atoms with Gasteiger partial charge in [-0.15, -0.1) is 0 Å². The number of hydrogen-bond donors (Lipinski definition) is 2. The molecule has 1 aromatic heterocycles. The lowest BCUT2D eigenvalue weighted by Crippen LogP contribution is -2.23. The van der Waals surface area contributed by atoms with Crippen molar-refractivity contribution in [2.45, 2.75) is 32.2 Å². The van der Waals surface area contributed by atoms with Gasteiger partial charge in [0.15, 0.2) is 0 Å². The van der Waals surface area contributed by atoms with E-state index in [9.17, 15) is 5.11 Å². The van der Waals surface area contributed by atoms with E-state index in [-0.39, 0.29) is 0 Å². The molecular formula is C15H20N2O. The number of phenolic OH excluding ortho intramolecular Hbond substituents is 1. The molecule has 0 spiro atoms. The highest BCUT2D eigenvalue weighted by Crippen LogP contribution is 2.28. The number of aromatic amines is 1. The number of phenols is 1. The Hall–Kier alpha value is -1.48. The van der Waals surface area contributed by atoms with Crippen molar-refractivity contribution in [2.24, 2.45) is 0 Å². The second-order valence-corrected chi connectivity index (χ2v) is 5.20. The van der Waals surface area contributed by atoms with Crippen LogP contribution in [0.25, 0.3) is 10.9 Å². The quantitative estimate of drug-likeness (QED) is 0.851. The molecular weight excluding hydrogens is 224 g/mol. The number of nitrogens with one attached hydrogen (secondary N) is 1. The summed E-state index contributed by atoms with van der Waals surface area (Å²) < 4.78 is 0. The largest absolute Gasteiger partial charge is 0.507 e. The zero-order valence-electron chi connectivity index (χ0n) is 10.7. The van der Waals surface area contributed by atoms with Crippen molar-refractivity contribution in [2.75, 3.05) is 13.1 Å². The maximum Gasteiger partial charge on any atom is 0.125 e. The van der Waals surface area contributed by atoms with Crippen LogP contribution in [0.4, 0.5) is 0 Å². The Balaban J connectivity index is 1.85. The number of aromatic nitrogens is 1. The number of rotatable bonds is 2. The van der Waals surface area contributed by atoms with Gasteiger partial charge in [-0.25, -0.2) is 0 Å². The van der Waals surface area contributed by atoms with Crippen LogP contribution in [0.5, 0.6) is 5.75 Å². The van der Waals surface area contributed by atoms with E-state index in [0.717, 1.165) is 17.4 Å². The Kier molecular flexibility index (Phi) is 3.24. The monoisotopic (exact) mass is 244 g/mol. The number of aromatic hydroxyl groups is 1. The van der Waals surface area contributed by atoms with Gasteiger partial charge in [0.05, 0.1) is 0 Å². The summed E-state index contributed by atoms with van der Waals surface area (Å²) in [5.41, 5.74) is 2.24. The summed E-state index contributed by atoms with van der Waals surface area (Å²) in [5, 5.41) is 11.0. The molecule has 0 saturated carbocycles. The highest BCUT2D eigenvalue weighted by molar-refractivity contribution is 5.88. The van der Waals surface area contributed by atoms with Crippen LogP contribution < -0.4 is 0 Å². The van der Waals surface area contributed by atoms with Crippen LogP contribution in [-0.2, 0) is 6.54 Å². The molecule has 0 aliphatic carbocycles. The van der Waals surface area contributed by atoms with Crippen LogP contribution in [0.15, 0.2) is 24.4 Å². The molecule has 2 aromatic rings. The van der Waals surface area contributed by atoms with Gasteiger partial charge in [0.25, 0.3) is 0 Å². The molecule has 1 aromatic carbocycles. The third-order valence-corrected chi connectivity index (χ3v) is 3.86. The van der Waals surface area contributed by atoms with Crippen LogP contribution in [0.2, 0.25) is 0 Å². The van der Waals surface area contributed by atoms with E-state index < -0.39 is 0 Å². The topological polar surface area (TPSA) is 39.3 Å². The van der Waals surface area contributed by atoms with Gasteiger partial charge in [-0.3, -0.25) is 4.90 Å². The summed E-state index contributed by atoms with van der Waals surface area (Å²) in [4.78, 5) is 5.75. The molecule has 0 atom stereocenters. The van der Waals surface area contributed by atoms with Crippen molar-refractivity contribution >= 4 is 10.9 Å². The van der Waals surface area contributed by atoms with E-state index in [1.165, 1.54) is 44.3 Å².